The Morgan fingerprint density at radius 2 is 2.16 bits per heavy atom. The summed E-state index contributed by atoms with van der Waals surface area (Å²) < 4.78 is 7.71. The van der Waals surface area contributed by atoms with Gasteiger partial charge in [-0.1, -0.05) is 0 Å². The fourth-order valence-electron chi connectivity index (χ4n) is 2.76. The molecule has 3 rings (SSSR count). The van der Waals surface area contributed by atoms with E-state index in [4.69, 9.17) is 16.3 Å². The van der Waals surface area contributed by atoms with E-state index in [2.05, 4.69) is 21.5 Å². The van der Waals surface area contributed by atoms with Crippen LogP contribution in [0, 0.1) is 0 Å². The summed E-state index contributed by atoms with van der Waals surface area (Å²) in [6.07, 6.45) is 3.74. The van der Waals surface area contributed by atoms with Crippen LogP contribution in [0.2, 0.25) is 0 Å². The molecule has 0 saturated carbocycles. The van der Waals surface area contributed by atoms with E-state index < -0.39 is 0 Å². The third kappa shape index (κ3) is 2.13. The number of aromatic nitrogens is 3. The fraction of sp³-hybridized carbons (Fsp3) is 0.571. The van der Waals surface area contributed by atoms with Crippen molar-refractivity contribution >= 4 is 22.8 Å². The van der Waals surface area contributed by atoms with E-state index in [1.807, 2.05) is 25.3 Å². The fourth-order valence-corrected chi connectivity index (χ4v) is 2.91. The van der Waals surface area contributed by atoms with Crippen molar-refractivity contribution in [3.05, 3.63) is 24.2 Å². The monoisotopic (exact) mass is 279 g/mol. The molecular formula is C14H18ClN3O. The zero-order valence-electron chi connectivity index (χ0n) is 11.3. The van der Waals surface area contributed by atoms with Crippen molar-refractivity contribution in [1.82, 2.24) is 14.5 Å². The van der Waals surface area contributed by atoms with E-state index in [0.29, 0.717) is 0 Å². The second kappa shape index (κ2) is 4.76. The first-order valence-corrected chi connectivity index (χ1v) is 7.11. The lowest BCUT2D eigenvalue weighted by molar-refractivity contribution is 0.0298. The highest BCUT2D eigenvalue weighted by Crippen LogP contribution is 2.35. The van der Waals surface area contributed by atoms with Gasteiger partial charge in [0, 0.05) is 24.9 Å². The highest BCUT2D eigenvalue weighted by atomic mass is 35.5. The molecule has 1 aliphatic heterocycles. The van der Waals surface area contributed by atoms with Crippen molar-refractivity contribution in [2.45, 2.75) is 37.6 Å². The number of nitrogens with zero attached hydrogens (tertiary/aromatic N) is 3. The zero-order valence-corrected chi connectivity index (χ0v) is 12.0. The number of rotatable bonds is 2. The van der Waals surface area contributed by atoms with Crippen LogP contribution in [0.25, 0.3) is 11.2 Å². The third-order valence-corrected chi connectivity index (χ3v) is 4.10. The molecule has 0 radical (unpaired) electrons. The summed E-state index contributed by atoms with van der Waals surface area (Å²) in [5.41, 5.74) is 1.83. The summed E-state index contributed by atoms with van der Waals surface area (Å²) >= 11 is 6.32. The molecule has 3 heterocycles. The molecule has 102 valence electrons. The number of hydrogen-bond acceptors (Lipinski definition) is 3. The van der Waals surface area contributed by atoms with Crippen LogP contribution in [-0.4, -0.2) is 27.7 Å². The Hall–Kier alpha value is -1.13. The minimum absolute atomic E-state index is 0.0141. The van der Waals surface area contributed by atoms with Crippen molar-refractivity contribution in [3.8, 4) is 0 Å². The standard InChI is InChI=1S/C14H18ClN3O/c1-10(15)12-17-11-4-3-7-16-13(11)18(12)14(2)5-8-19-9-6-14/h3-4,7,10H,5-6,8-9H2,1-2H3. The van der Waals surface area contributed by atoms with Gasteiger partial charge in [0.1, 0.15) is 11.3 Å². The van der Waals surface area contributed by atoms with E-state index in [9.17, 15) is 0 Å². The van der Waals surface area contributed by atoms with Gasteiger partial charge in [-0.3, -0.25) is 0 Å². The molecule has 1 atom stereocenters. The summed E-state index contributed by atoms with van der Waals surface area (Å²) in [6, 6.07) is 3.90. The maximum atomic E-state index is 6.32. The first kappa shape index (κ1) is 12.9. The second-order valence-corrected chi connectivity index (χ2v) is 6.03. The molecule has 0 aromatic carbocycles. The van der Waals surface area contributed by atoms with E-state index >= 15 is 0 Å². The van der Waals surface area contributed by atoms with Gasteiger partial charge in [0.15, 0.2) is 5.65 Å². The van der Waals surface area contributed by atoms with Crippen molar-refractivity contribution in [3.63, 3.8) is 0 Å². The maximum Gasteiger partial charge on any atom is 0.160 e. The maximum absolute atomic E-state index is 6.32. The number of ether oxygens (including phenoxy) is 1. The Morgan fingerprint density at radius 3 is 2.84 bits per heavy atom. The number of halogens is 1. The van der Waals surface area contributed by atoms with Crippen molar-refractivity contribution in [1.29, 1.82) is 0 Å². The number of alkyl halides is 1. The largest absolute Gasteiger partial charge is 0.381 e. The molecule has 2 aromatic heterocycles. The first-order valence-electron chi connectivity index (χ1n) is 6.67. The first-order chi connectivity index (χ1) is 9.12. The lowest BCUT2D eigenvalue weighted by Gasteiger charge is -2.36. The zero-order chi connectivity index (χ0) is 13.5. The smallest absolute Gasteiger partial charge is 0.160 e. The predicted octanol–water partition coefficient (Wildman–Crippen LogP) is 3.26. The molecule has 2 aromatic rings. The Balaban J connectivity index is 2.22. The SMILES string of the molecule is CC(Cl)c1nc2cccnc2n1C1(C)CCOCC1. The Kier molecular flexibility index (Phi) is 3.23. The molecule has 0 N–H and O–H groups in total. The number of fused-ring (bicyclic) bond motifs is 1. The van der Waals surface area contributed by atoms with Gasteiger partial charge in [-0.15, -0.1) is 11.6 Å². The summed E-state index contributed by atoms with van der Waals surface area (Å²) in [5, 5.41) is -0.131. The Labute approximate surface area is 117 Å². The van der Waals surface area contributed by atoms with Gasteiger partial charge >= 0.3 is 0 Å². The van der Waals surface area contributed by atoms with Crippen LogP contribution in [0.1, 0.15) is 37.9 Å². The van der Waals surface area contributed by atoms with E-state index in [1.165, 1.54) is 0 Å². The molecule has 0 spiro atoms. The normalized spacial score (nSPS) is 20.6. The third-order valence-electron chi connectivity index (χ3n) is 3.91. The van der Waals surface area contributed by atoms with Crippen LogP contribution in [0.5, 0.6) is 0 Å². The summed E-state index contributed by atoms with van der Waals surface area (Å²) in [5.74, 6) is 0.903. The molecule has 19 heavy (non-hydrogen) atoms. The van der Waals surface area contributed by atoms with Gasteiger partial charge in [-0.05, 0) is 38.8 Å². The highest BCUT2D eigenvalue weighted by molar-refractivity contribution is 6.20. The predicted molar refractivity (Wildman–Crippen MR) is 75.5 cm³/mol. The van der Waals surface area contributed by atoms with Crippen LogP contribution in [0.15, 0.2) is 18.3 Å². The van der Waals surface area contributed by atoms with Crippen LogP contribution in [0.3, 0.4) is 0 Å². The molecule has 0 aliphatic carbocycles. The average Bonchev–Trinajstić information content (AvgIpc) is 2.79. The van der Waals surface area contributed by atoms with Gasteiger partial charge in [-0.25, -0.2) is 9.97 Å². The van der Waals surface area contributed by atoms with Crippen molar-refractivity contribution in [2.75, 3.05) is 13.2 Å². The molecule has 0 bridgehead atoms. The number of imidazole rings is 1. The summed E-state index contributed by atoms with van der Waals surface area (Å²) in [4.78, 5) is 9.17. The quantitative estimate of drug-likeness (QED) is 0.792. The molecule has 5 heteroatoms. The highest BCUT2D eigenvalue weighted by Gasteiger charge is 2.34. The molecule has 4 nitrogen and oxygen atoms in total. The number of hydrogen-bond donors (Lipinski definition) is 0. The molecule has 1 aliphatic rings. The Bertz CT molecular complexity index is 587. The lowest BCUT2D eigenvalue weighted by atomic mass is 9.92. The molecule has 1 fully saturated rings. The van der Waals surface area contributed by atoms with Gasteiger partial charge in [0.25, 0.3) is 0 Å². The van der Waals surface area contributed by atoms with Crippen LogP contribution in [0.4, 0.5) is 0 Å². The van der Waals surface area contributed by atoms with Crippen molar-refractivity contribution < 1.29 is 4.74 Å². The molecule has 1 unspecified atom stereocenters. The van der Waals surface area contributed by atoms with Gasteiger partial charge in [0.05, 0.1) is 5.38 Å². The van der Waals surface area contributed by atoms with Gasteiger partial charge in [0.2, 0.25) is 0 Å². The minimum Gasteiger partial charge on any atom is -0.381 e. The minimum atomic E-state index is -0.131. The van der Waals surface area contributed by atoms with Crippen LogP contribution < -0.4 is 0 Å². The molecule has 1 saturated heterocycles. The molecule has 0 amide bonds. The van der Waals surface area contributed by atoms with Gasteiger partial charge < -0.3 is 9.30 Å². The van der Waals surface area contributed by atoms with E-state index in [1.54, 1.807) is 0 Å². The van der Waals surface area contributed by atoms with E-state index in [-0.39, 0.29) is 10.9 Å². The van der Waals surface area contributed by atoms with E-state index in [0.717, 1.165) is 43.0 Å². The molecular weight excluding hydrogens is 262 g/mol. The number of pyridine rings is 1. The summed E-state index contributed by atoms with van der Waals surface area (Å²) in [6.45, 7) is 5.76. The van der Waals surface area contributed by atoms with Crippen molar-refractivity contribution in [2.24, 2.45) is 0 Å². The van der Waals surface area contributed by atoms with Gasteiger partial charge in [-0.2, -0.15) is 0 Å². The Morgan fingerprint density at radius 1 is 1.42 bits per heavy atom. The topological polar surface area (TPSA) is 39.9 Å². The van der Waals surface area contributed by atoms with Crippen LogP contribution >= 0.6 is 11.6 Å². The lowest BCUT2D eigenvalue weighted by Crippen LogP contribution is -2.38. The summed E-state index contributed by atoms with van der Waals surface area (Å²) in [7, 11) is 0. The average molecular weight is 280 g/mol. The second-order valence-electron chi connectivity index (χ2n) is 5.38. The van der Waals surface area contributed by atoms with Crippen LogP contribution in [-0.2, 0) is 10.3 Å².